The van der Waals surface area contributed by atoms with Crippen LogP contribution in [0.3, 0.4) is 0 Å². The van der Waals surface area contributed by atoms with Gasteiger partial charge in [-0.25, -0.2) is 4.79 Å². The third-order valence-corrected chi connectivity index (χ3v) is 3.37. The van der Waals surface area contributed by atoms with E-state index in [-0.39, 0.29) is 12.5 Å². The first kappa shape index (κ1) is 15.4. The number of nitrogens with one attached hydrogen (secondary N) is 1. The predicted octanol–water partition coefficient (Wildman–Crippen LogP) is 1.69. The predicted molar refractivity (Wildman–Crippen MR) is 72.6 cm³/mol. The molecule has 1 aliphatic rings. The Kier molecular flexibility index (Phi) is 6.80. The Morgan fingerprint density at radius 2 is 2.05 bits per heavy atom. The molecule has 0 aromatic carbocycles. The van der Waals surface area contributed by atoms with Crippen LogP contribution in [0.2, 0.25) is 0 Å². The zero-order valence-corrected chi connectivity index (χ0v) is 11.4. The molecule has 1 aliphatic heterocycles. The van der Waals surface area contributed by atoms with E-state index in [1.165, 1.54) is 0 Å². The van der Waals surface area contributed by atoms with E-state index in [1.807, 2.05) is 0 Å². The fourth-order valence-corrected chi connectivity index (χ4v) is 2.22. The molecule has 0 bridgehead atoms. The summed E-state index contributed by atoms with van der Waals surface area (Å²) in [6.07, 6.45) is 3.42. The lowest BCUT2D eigenvalue weighted by Gasteiger charge is -2.31. The fourth-order valence-electron chi connectivity index (χ4n) is 2.22. The summed E-state index contributed by atoms with van der Waals surface area (Å²) >= 11 is 0. The van der Waals surface area contributed by atoms with Crippen molar-refractivity contribution in [1.29, 1.82) is 0 Å². The number of aliphatic carboxylic acids is 1. The van der Waals surface area contributed by atoms with Gasteiger partial charge >= 0.3 is 12.0 Å². The molecule has 2 amide bonds. The van der Waals surface area contributed by atoms with Crippen molar-refractivity contribution < 1.29 is 14.7 Å². The molecule has 0 spiro atoms. The van der Waals surface area contributed by atoms with Gasteiger partial charge in [-0.3, -0.25) is 4.79 Å². The van der Waals surface area contributed by atoms with Crippen LogP contribution >= 0.6 is 0 Å². The van der Waals surface area contributed by atoms with Gasteiger partial charge in [-0.15, -0.1) is 11.8 Å². The lowest BCUT2D eigenvalue weighted by Crippen LogP contribution is -2.44. The van der Waals surface area contributed by atoms with Gasteiger partial charge in [0.05, 0.1) is 0 Å². The first-order valence-electron chi connectivity index (χ1n) is 6.77. The van der Waals surface area contributed by atoms with Gasteiger partial charge in [-0.05, 0) is 32.1 Å². The van der Waals surface area contributed by atoms with Gasteiger partial charge in [0.25, 0.3) is 0 Å². The van der Waals surface area contributed by atoms with Crippen LogP contribution in [0, 0.1) is 17.8 Å². The summed E-state index contributed by atoms with van der Waals surface area (Å²) in [5.41, 5.74) is 0. The van der Waals surface area contributed by atoms with Crippen molar-refractivity contribution in [1.82, 2.24) is 10.2 Å². The number of nitrogens with zero attached hydrogens (tertiary/aromatic N) is 1. The zero-order valence-electron chi connectivity index (χ0n) is 11.4. The monoisotopic (exact) mass is 266 g/mol. The molecule has 0 aromatic heterocycles. The SMILES string of the molecule is CC#CCCNC(=O)N1CCC(CCC(=O)O)CC1. The van der Waals surface area contributed by atoms with E-state index in [1.54, 1.807) is 11.8 Å². The smallest absolute Gasteiger partial charge is 0.317 e. The van der Waals surface area contributed by atoms with Crippen LogP contribution in [0.25, 0.3) is 0 Å². The minimum absolute atomic E-state index is 0.0328. The molecule has 0 unspecified atom stereocenters. The van der Waals surface area contributed by atoms with E-state index in [9.17, 15) is 9.59 Å². The maximum atomic E-state index is 11.8. The van der Waals surface area contributed by atoms with E-state index in [4.69, 9.17) is 5.11 Å². The first-order chi connectivity index (χ1) is 9.13. The highest BCUT2D eigenvalue weighted by Crippen LogP contribution is 2.21. The lowest BCUT2D eigenvalue weighted by molar-refractivity contribution is -0.137. The van der Waals surface area contributed by atoms with Crippen molar-refractivity contribution in [2.24, 2.45) is 5.92 Å². The van der Waals surface area contributed by atoms with E-state index in [0.29, 0.717) is 18.9 Å². The van der Waals surface area contributed by atoms with Gasteiger partial charge in [0, 0.05) is 32.5 Å². The molecule has 1 fully saturated rings. The molecule has 0 radical (unpaired) electrons. The van der Waals surface area contributed by atoms with E-state index in [0.717, 1.165) is 32.4 Å². The van der Waals surface area contributed by atoms with Crippen molar-refractivity contribution in [2.45, 2.75) is 39.0 Å². The number of urea groups is 1. The van der Waals surface area contributed by atoms with Crippen molar-refractivity contribution in [2.75, 3.05) is 19.6 Å². The minimum atomic E-state index is -0.739. The van der Waals surface area contributed by atoms with Gasteiger partial charge < -0.3 is 15.3 Å². The van der Waals surface area contributed by atoms with Crippen molar-refractivity contribution >= 4 is 12.0 Å². The number of hydrogen-bond donors (Lipinski definition) is 2. The minimum Gasteiger partial charge on any atom is -0.481 e. The summed E-state index contributed by atoms with van der Waals surface area (Å²) in [5.74, 6) is 5.39. The third-order valence-electron chi connectivity index (χ3n) is 3.37. The number of carboxylic acids is 1. The Bertz CT molecular complexity index is 363. The van der Waals surface area contributed by atoms with Crippen LogP contribution in [0.15, 0.2) is 0 Å². The molecule has 5 nitrogen and oxygen atoms in total. The Morgan fingerprint density at radius 3 is 2.63 bits per heavy atom. The molecule has 0 saturated carbocycles. The molecule has 106 valence electrons. The Hall–Kier alpha value is -1.70. The molecule has 5 heteroatoms. The zero-order chi connectivity index (χ0) is 14.1. The van der Waals surface area contributed by atoms with Gasteiger partial charge in [-0.1, -0.05) is 0 Å². The number of carboxylic acid groups (broad SMARTS) is 1. The highest BCUT2D eigenvalue weighted by Gasteiger charge is 2.22. The summed E-state index contributed by atoms with van der Waals surface area (Å²) in [7, 11) is 0. The summed E-state index contributed by atoms with van der Waals surface area (Å²) in [5, 5.41) is 11.5. The van der Waals surface area contributed by atoms with Crippen LogP contribution in [0.4, 0.5) is 4.79 Å². The first-order valence-corrected chi connectivity index (χ1v) is 6.77. The number of hydrogen-bond acceptors (Lipinski definition) is 2. The van der Waals surface area contributed by atoms with Crippen LogP contribution in [-0.2, 0) is 4.79 Å². The lowest BCUT2D eigenvalue weighted by atomic mass is 9.92. The van der Waals surface area contributed by atoms with Crippen molar-refractivity contribution in [3.63, 3.8) is 0 Å². The summed E-state index contributed by atoms with van der Waals surface area (Å²) in [6, 6.07) is -0.0328. The second-order valence-corrected chi connectivity index (χ2v) is 4.77. The molecular weight excluding hydrogens is 244 g/mol. The van der Waals surface area contributed by atoms with Gasteiger partial charge in [-0.2, -0.15) is 0 Å². The van der Waals surface area contributed by atoms with E-state index >= 15 is 0 Å². The average Bonchev–Trinajstić information content (AvgIpc) is 2.41. The topological polar surface area (TPSA) is 69.6 Å². The maximum absolute atomic E-state index is 11.8. The highest BCUT2D eigenvalue weighted by molar-refractivity contribution is 5.74. The number of amides is 2. The number of piperidine rings is 1. The number of likely N-dealkylation sites (tertiary alicyclic amines) is 1. The quantitative estimate of drug-likeness (QED) is 0.587. The summed E-state index contributed by atoms with van der Waals surface area (Å²) < 4.78 is 0. The van der Waals surface area contributed by atoms with Crippen LogP contribution < -0.4 is 5.32 Å². The Labute approximate surface area is 114 Å². The van der Waals surface area contributed by atoms with Crippen LogP contribution in [0.5, 0.6) is 0 Å². The van der Waals surface area contributed by atoms with E-state index in [2.05, 4.69) is 17.2 Å². The van der Waals surface area contributed by atoms with Gasteiger partial charge in [0.2, 0.25) is 0 Å². The molecule has 1 rings (SSSR count). The molecular formula is C14H22N2O3. The molecule has 0 aromatic rings. The highest BCUT2D eigenvalue weighted by atomic mass is 16.4. The summed E-state index contributed by atoms with van der Waals surface area (Å²) in [4.78, 5) is 24.1. The summed E-state index contributed by atoms with van der Waals surface area (Å²) in [6.45, 7) is 3.80. The molecule has 1 saturated heterocycles. The fraction of sp³-hybridized carbons (Fsp3) is 0.714. The standard InChI is InChI=1S/C14H22N2O3/c1-2-3-4-9-15-14(19)16-10-7-12(8-11-16)5-6-13(17)18/h12H,4-11H2,1H3,(H,15,19)(H,17,18). The Morgan fingerprint density at radius 1 is 1.37 bits per heavy atom. The second-order valence-electron chi connectivity index (χ2n) is 4.77. The van der Waals surface area contributed by atoms with Crippen molar-refractivity contribution in [3.05, 3.63) is 0 Å². The molecule has 1 heterocycles. The molecule has 0 aliphatic carbocycles. The third kappa shape index (κ3) is 6.14. The number of rotatable bonds is 5. The largest absolute Gasteiger partial charge is 0.481 e. The molecule has 2 N–H and O–H groups in total. The Balaban J connectivity index is 2.19. The van der Waals surface area contributed by atoms with Crippen LogP contribution in [0.1, 0.15) is 39.0 Å². The second kappa shape index (κ2) is 8.41. The van der Waals surface area contributed by atoms with Gasteiger partial charge in [0.1, 0.15) is 0 Å². The molecule has 19 heavy (non-hydrogen) atoms. The molecule has 0 atom stereocenters. The number of carbonyl (C=O) groups is 2. The normalized spacial score (nSPS) is 15.5. The van der Waals surface area contributed by atoms with Crippen LogP contribution in [-0.4, -0.2) is 41.6 Å². The average molecular weight is 266 g/mol. The van der Waals surface area contributed by atoms with Crippen molar-refractivity contribution in [3.8, 4) is 11.8 Å². The number of carbonyl (C=O) groups excluding carboxylic acids is 1. The van der Waals surface area contributed by atoms with E-state index < -0.39 is 5.97 Å². The van der Waals surface area contributed by atoms with Gasteiger partial charge in [0.15, 0.2) is 0 Å². The maximum Gasteiger partial charge on any atom is 0.317 e.